The molecule has 1 aromatic heterocycles. The van der Waals surface area contributed by atoms with Gasteiger partial charge < -0.3 is 14.5 Å². The fourth-order valence-corrected chi connectivity index (χ4v) is 4.92. The third kappa shape index (κ3) is 4.06. The topological polar surface area (TPSA) is 118 Å². The first kappa shape index (κ1) is 22.8. The lowest BCUT2D eigenvalue weighted by molar-refractivity contribution is 0.0598. The Morgan fingerprint density at radius 2 is 2.00 bits per heavy atom. The maximum absolute atomic E-state index is 14.1. The highest BCUT2D eigenvalue weighted by atomic mass is 35.5. The number of carbonyl (C=O) groups excluding carboxylic acids is 2. The zero-order valence-corrected chi connectivity index (χ0v) is 18.9. The monoisotopic (exact) mass is 493 g/mol. The number of aryl methyl sites for hydroxylation is 1. The van der Waals surface area contributed by atoms with Crippen molar-refractivity contribution >= 4 is 44.9 Å². The second-order valence-corrected chi connectivity index (χ2v) is 9.15. The van der Waals surface area contributed by atoms with Crippen molar-refractivity contribution < 1.29 is 31.6 Å². The Labute approximate surface area is 193 Å². The molecule has 12 heteroatoms. The van der Waals surface area contributed by atoms with Crippen molar-refractivity contribution in [2.75, 3.05) is 16.8 Å². The number of anilines is 2. The van der Waals surface area contributed by atoms with Gasteiger partial charge in [-0.25, -0.2) is 14.6 Å². The lowest BCUT2D eigenvalue weighted by Crippen LogP contribution is -2.37. The van der Waals surface area contributed by atoms with Gasteiger partial charge in [0.25, 0.3) is 5.91 Å². The van der Waals surface area contributed by atoms with Crippen LogP contribution in [0, 0.1) is 12.7 Å². The predicted octanol–water partition coefficient (Wildman–Crippen LogP) is 3.63. The molecule has 0 fully saturated rings. The van der Waals surface area contributed by atoms with Gasteiger partial charge in [-0.1, -0.05) is 23.7 Å². The molecule has 0 spiro atoms. The highest BCUT2D eigenvalue weighted by Gasteiger charge is 2.35. The molecule has 1 amide bonds. The van der Waals surface area contributed by atoms with Crippen molar-refractivity contribution in [3.05, 3.63) is 75.8 Å². The summed E-state index contributed by atoms with van der Waals surface area (Å²) in [5.41, 5.74) is 3.45. The first-order valence-electron chi connectivity index (χ1n) is 9.49. The van der Waals surface area contributed by atoms with Crippen LogP contribution in [0.3, 0.4) is 0 Å². The standard InChI is InChI=1S/C21H17ClFN3O6S/c1-11-14(21(28)31-2)9-18(32-11)33(29,30)26-17-8-13(7-6-12(17)10-24-26)25-20(27)19-15(22)4-3-5-16(19)23/h3-9,24H,10H2,1-2H3,(H,25,27). The number of carbonyl (C=O) groups is 2. The molecule has 2 heterocycles. The van der Waals surface area contributed by atoms with Gasteiger partial charge in [0.2, 0.25) is 5.09 Å². The number of sulfonamides is 1. The van der Waals surface area contributed by atoms with E-state index in [4.69, 9.17) is 16.0 Å². The summed E-state index contributed by atoms with van der Waals surface area (Å²) in [5.74, 6) is -2.23. The number of ether oxygens (including phenoxy) is 1. The van der Waals surface area contributed by atoms with Gasteiger partial charge >= 0.3 is 16.0 Å². The highest BCUT2D eigenvalue weighted by molar-refractivity contribution is 7.92. The fraction of sp³-hybridized carbons (Fsp3) is 0.143. The van der Waals surface area contributed by atoms with Gasteiger partial charge in [0, 0.05) is 18.3 Å². The summed E-state index contributed by atoms with van der Waals surface area (Å²) in [4.78, 5) is 24.4. The van der Waals surface area contributed by atoms with Gasteiger partial charge in [-0.05, 0) is 36.8 Å². The fourth-order valence-electron chi connectivity index (χ4n) is 3.33. The van der Waals surface area contributed by atoms with Crippen LogP contribution in [0.2, 0.25) is 5.02 Å². The summed E-state index contributed by atoms with van der Waals surface area (Å²) in [5, 5.41) is 1.99. The van der Waals surface area contributed by atoms with E-state index in [0.29, 0.717) is 5.56 Å². The number of hydrogen-bond donors (Lipinski definition) is 2. The molecular weight excluding hydrogens is 477 g/mol. The molecule has 0 bridgehead atoms. The molecule has 0 atom stereocenters. The van der Waals surface area contributed by atoms with E-state index in [1.807, 2.05) is 0 Å². The van der Waals surface area contributed by atoms with Crippen molar-refractivity contribution in [3.8, 4) is 0 Å². The van der Waals surface area contributed by atoms with E-state index in [-0.39, 0.29) is 39.8 Å². The number of benzene rings is 2. The lowest BCUT2D eigenvalue weighted by Gasteiger charge is -2.18. The Balaban J connectivity index is 1.65. The van der Waals surface area contributed by atoms with Crippen molar-refractivity contribution in [1.82, 2.24) is 5.43 Å². The molecule has 172 valence electrons. The van der Waals surface area contributed by atoms with E-state index in [0.717, 1.165) is 16.5 Å². The molecule has 0 unspecified atom stereocenters. The van der Waals surface area contributed by atoms with Crippen LogP contribution in [0.1, 0.15) is 32.0 Å². The zero-order chi connectivity index (χ0) is 23.9. The number of amides is 1. The van der Waals surface area contributed by atoms with Crippen molar-refractivity contribution in [2.24, 2.45) is 0 Å². The van der Waals surface area contributed by atoms with E-state index in [1.165, 1.54) is 32.2 Å². The molecule has 0 saturated carbocycles. The second kappa shape index (κ2) is 8.50. The van der Waals surface area contributed by atoms with Gasteiger partial charge in [0.15, 0.2) is 0 Å². The zero-order valence-electron chi connectivity index (χ0n) is 17.3. The van der Waals surface area contributed by atoms with Crippen molar-refractivity contribution in [1.29, 1.82) is 0 Å². The summed E-state index contributed by atoms with van der Waals surface area (Å²) in [6.07, 6.45) is 0. The number of hydrazine groups is 1. The van der Waals surface area contributed by atoms with Crippen molar-refractivity contribution in [2.45, 2.75) is 18.6 Å². The average Bonchev–Trinajstić information content (AvgIpc) is 3.37. The first-order chi connectivity index (χ1) is 15.6. The Bertz CT molecular complexity index is 1370. The van der Waals surface area contributed by atoms with Crippen molar-refractivity contribution in [3.63, 3.8) is 0 Å². The minimum Gasteiger partial charge on any atom is -0.465 e. The van der Waals surface area contributed by atoms with Crippen LogP contribution in [0.15, 0.2) is 52.0 Å². The van der Waals surface area contributed by atoms with Gasteiger partial charge in [-0.15, -0.1) is 0 Å². The largest absolute Gasteiger partial charge is 0.465 e. The molecule has 0 saturated heterocycles. The van der Waals surface area contributed by atoms with E-state index in [9.17, 15) is 22.4 Å². The lowest BCUT2D eigenvalue weighted by atomic mass is 10.1. The van der Waals surface area contributed by atoms with Gasteiger partial charge in [0.05, 0.1) is 23.4 Å². The molecule has 33 heavy (non-hydrogen) atoms. The molecule has 2 N–H and O–H groups in total. The quantitative estimate of drug-likeness (QED) is 0.521. The van der Waals surface area contributed by atoms with E-state index in [1.54, 1.807) is 12.1 Å². The molecule has 0 radical (unpaired) electrons. The normalized spacial score (nSPS) is 13.0. The molecule has 3 aromatic rings. The number of nitrogens with zero attached hydrogens (tertiary/aromatic N) is 1. The van der Waals surface area contributed by atoms with Crippen LogP contribution in [0.25, 0.3) is 0 Å². The van der Waals surface area contributed by atoms with Crippen LogP contribution in [-0.2, 0) is 21.3 Å². The van der Waals surface area contributed by atoms with Crippen LogP contribution >= 0.6 is 11.6 Å². The van der Waals surface area contributed by atoms with E-state index in [2.05, 4.69) is 15.5 Å². The molecular formula is C21H17ClFN3O6S. The minimum absolute atomic E-state index is 0.0155. The summed E-state index contributed by atoms with van der Waals surface area (Å²) in [6.45, 7) is 1.63. The number of halogens is 2. The van der Waals surface area contributed by atoms with Gasteiger partial charge in [-0.2, -0.15) is 12.8 Å². The van der Waals surface area contributed by atoms with Crippen LogP contribution in [0.4, 0.5) is 15.8 Å². The number of fused-ring (bicyclic) bond motifs is 1. The molecule has 9 nitrogen and oxygen atoms in total. The highest BCUT2D eigenvalue weighted by Crippen LogP contribution is 2.34. The molecule has 1 aliphatic heterocycles. The summed E-state index contributed by atoms with van der Waals surface area (Å²) >= 11 is 5.94. The van der Waals surface area contributed by atoms with Gasteiger partial charge in [-0.3, -0.25) is 4.79 Å². The number of esters is 1. The Kier molecular flexibility index (Phi) is 5.87. The van der Waals surface area contributed by atoms with Crippen LogP contribution in [0.5, 0.6) is 0 Å². The maximum Gasteiger partial charge on any atom is 0.341 e. The number of hydrogen-bond acceptors (Lipinski definition) is 7. The molecule has 2 aromatic carbocycles. The number of nitrogens with one attached hydrogen (secondary N) is 2. The Morgan fingerprint density at radius 1 is 1.24 bits per heavy atom. The maximum atomic E-state index is 14.1. The summed E-state index contributed by atoms with van der Waals surface area (Å²) in [7, 11) is -3.08. The van der Waals surface area contributed by atoms with Crippen LogP contribution in [-0.4, -0.2) is 27.4 Å². The number of furan rings is 1. The molecule has 4 rings (SSSR count). The third-order valence-electron chi connectivity index (χ3n) is 4.96. The molecule has 0 aliphatic carbocycles. The third-order valence-corrected chi connectivity index (χ3v) is 6.79. The van der Waals surface area contributed by atoms with E-state index < -0.39 is 32.8 Å². The van der Waals surface area contributed by atoms with Gasteiger partial charge in [0.1, 0.15) is 17.1 Å². The summed E-state index contributed by atoms with van der Waals surface area (Å²) < 4.78 is 51.2. The number of rotatable bonds is 5. The van der Waals surface area contributed by atoms with Crippen LogP contribution < -0.4 is 15.2 Å². The second-order valence-electron chi connectivity index (χ2n) is 7.03. The summed E-state index contributed by atoms with van der Waals surface area (Å²) in [6, 6.07) is 9.53. The SMILES string of the molecule is COC(=O)c1cc(S(=O)(=O)N2NCc3ccc(NC(=O)c4c(F)cccc4Cl)cc32)oc1C. The average molecular weight is 494 g/mol. The Hall–Kier alpha value is -3.41. The molecule has 1 aliphatic rings. The first-order valence-corrected chi connectivity index (χ1v) is 11.3. The number of methoxy groups -OCH3 is 1. The minimum atomic E-state index is -4.25. The smallest absolute Gasteiger partial charge is 0.341 e. The Morgan fingerprint density at radius 3 is 2.70 bits per heavy atom. The predicted molar refractivity (Wildman–Crippen MR) is 117 cm³/mol. The van der Waals surface area contributed by atoms with E-state index >= 15 is 0 Å².